The van der Waals surface area contributed by atoms with E-state index in [0.717, 1.165) is 6.54 Å². The fraction of sp³-hybridized carbons (Fsp3) is 0.846. The number of nitrogens with one attached hydrogen (secondary N) is 1. The molecule has 0 unspecified atom stereocenters. The molecule has 0 aromatic carbocycles. The first-order valence-corrected chi connectivity index (χ1v) is 7.07. The minimum atomic E-state index is -0.820. The number of carbonyl (C=O) groups is 2. The second kappa shape index (κ2) is 8.06. The Balaban J connectivity index is 2.21. The summed E-state index contributed by atoms with van der Waals surface area (Å²) in [6, 6.07) is 0.406. The van der Waals surface area contributed by atoms with Crippen LogP contribution in [-0.4, -0.2) is 90.7 Å². The van der Waals surface area contributed by atoms with Crippen molar-refractivity contribution in [3.8, 4) is 0 Å². The number of likely N-dealkylation sites (N-methyl/N-ethyl adjacent to an activating group) is 1. The zero-order chi connectivity index (χ0) is 15.1. The highest BCUT2D eigenvalue weighted by Crippen LogP contribution is 2.01. The van der Waals surface area contributed by atoms with E-state index in [9.17, 15) is 9.59 Å². The average molecular weight is 286 g/mol. The number of piperazine rings is 1. The van der Waals surface area contributed by atoms with Crippen molar-refractivity contribution < 1.29 is 14.7 Å². The highest BCUT2D eigenvalue weighted by Gasteiger charge is 2.21. The van der Waals surface area contributed by atoms with E-state index in [1.807, 2.05) is 11.9 Å². The van der Waals surface area contributed by atoms with Crippen LogP contribution in [0.5, 0.6) is 0 Å². The largest absolute Gasteiger partial charge is 0.480 e. The van der Waals surface area contributed by atoms with Crippen LogP contribution in [0.3, 0.4) is 0 Å². The minimum Gasteiger partial charge on any atom is -0.480 e. The van der Waals surface area contributed by atoms with Crippen LogP contribution >= 0.6 is 0 Å². The van der Waals surface area contributed by atoms with Crippen LogP contribution in [-0.2, 0) is 4.79 Å². The van der Waals surface area contributed by atoms with Gasteiger partial charge in [0.15, 0.2) is 0 Å². The number of urea groups is 1. The van der Waals surface area contributed by atoms with Crippen LogP contribution in [0.1, 0.15) is 13.8 Å². The highest BCUT2D eigenvalue weighted by atomic mass is 16.4. The zero-order valence-corrected chi connectivity index (χ0v) is 12.6. The maximum Gasteiger partial charge on any atom is 0.317 e. The van der Waals surface area contributed by atoms with Gasteiger partial charge < -0.3 is 20.2 Å². The number of carboxylic acid groups (broad SMARTS) is 1. The zero-order valence-electron chi connectivity index (χ0n) is 12.6. The van der Waals surface area contributed by atoms with Gasteiger partial charge in [0.25, 0.3) is 0 Å². The molecule has 0 atom stereocenters. The first kappa shape index (κ1) is 16.7. The number of nitrogens with zero attached hydrogens (tertiary/aromatic N) is 3. The third kappa shape index (κ3) is 5.75. The second-order valence-electron chi connectivity index (χ2n) is 5.46. The van der Waals surface area contributed by atoms with Gasteiger partial charge in [-0.1, -0.05) is 0 Å². The lowest BCUT2D eigenvalue weighted by molar-refractivity contribution is -0.138. The van der Waals surface area contributed by atoms with Crippen LogP contribution in [0.4, 0.5) is 4.79 Å². The van der Waals surface area contributed by atoms with Crippen molar-refractivity contribution in [3.05, 3.63) is 0 Å². The highest BCUT2D eigenvalue weighted by molar-refractivity contribution is 5.74. The molecule has 20 heavy (non-hydrogen) atoms. The minimum absolute atomic E-state index is 0.0502. The van der Waals surface area contributed by atoms with Gasteiger partial charge in [-0.15, -0.1) is 0 Å². The van der Waals surface area contributed by atoms with E-state index in [2.05, 4.69) is 24.1 Å². The Morgan fingerprint density at radius 2 is 1.85 bits per heavy atom. The van der Waals surface area contributed by atoms with Crippen molar-refractivity contribution in [1.29, 1.82) is 0 Å². The van der Waals surface area contributed by atoms with Gasteiger partial charge in [0, 0.05) is 45.3 Å². The van der Waals surface area contributed by atoms with E-state index in [0.29, 0.717) is 38.8 Å². The first-order chi connectivity index (χ1) is 9.40. The van der Waals surface area contributed by atoms with Gasteiger partial charge >= 0.3 is 12.0 Å². The van der Waals surface area contributed by atoms with Crippen molar-refractivity contribution in [3.63, 3.8) is 0 Å². The van der Waals surface area contributed by atoms with E-state index < -0.39 is 5.97 Å². The number of carbonyl (C=O) groups excluding carboxylic acids is 1. The molecule has 0 saturated carbocycles. The van der Waals surface area contributed by atoms with Crippen LogP contribution in [0.15, 0.2) is 0 Å². The van der Waals surface area contributed by atoms with E-state index in [4.69, 9.17) is 5.11 Å². The van der Waals surface area contributed by atoms with Crippen LogP contribution < -0.4 is 5.32 Å². The maximum absolute atomic E-state index is 11.9. The number of amides is 2. The Labute approximate surface area is 120 Å². The molecule has 1 aliphatic rings. The summed E-state index contributed by atoms with van der Waals surface area (Å²) in [4.78, 5) is 28.3. The fourth-order valence-corrected chi connectivity index (χ4v) is 2.01. The van der Waals surface area contributed by atoms with Crippen molar-refractivity contribution in [1.82, 2.24) is 20.0 Å². The van der Waals surface area contributed by atoms with Gasteiger partial charge in [0.2, 0.25) is 0 Å². The summed E-state index contributed by atoms with van der Waals surface area (Å²) in [5.41, 5.74) is 0. The Morgan fingerprint density at radius 1 is 1.25 bits per heavy atom. The van der Waals surface area contributed by atoms with Crippen molar-refractivity contribution in [2.75, 3.05) is 52.9 Å². The van der Waals surface area contributed by atoms with Crippen LogP contribution in [0, 0.1) is 0 Å². The van der Waals surface area contributed by atoms with Gasteiger partial charge in [-0.25, -0.2) is 4.79 Å². The first-order valence-electron chi connectivity index (χ1n) is 7.07. The number of carboxylic acids is 1. The molecule has 2 N–H and O–H groups in total. The Kier molecular flexibility index (Phi) is 6.74. The molecule has 0 bridgehead atoms. The number of aliphatic carboxylic acids is 1. The lowest BCUT2D eigenvalue weighted by atomic mass is 10.3. The van der Waals surface area contributed by atoms with Crippen molar-refractivity contribution in [2.45, 2.75) is 19.9 Å². The predicted molar refractivity (Wildman–Crippen MR) is 76.8 cm³/mol. The number of rotatable bonds is 6. The smallest absolute Gasteiger partial charge is 0.317 e. The second-order valence-corrected chi connectivity index (χ2v) is 5.46. The molecular formula is C13H26N4O3. The summed E-state index contributed by atoms with van der Waals surface area (Å²) in [7, 11) is 2.03. The molecule has 1 rings (SSSR count). The lowest BCUT2D eigenvalue weighted by Gasteiger charge is -2.34. The summed E-state index contributed by atoms with van der Waals surface area (Å²) >= 11 is 0. The molecule has 1 heterocycles. The van der Waals surface area contributed by atoms with E-state index in [1.165, 1.54) is 0 Å². The number of hydrogen-bond donors (Lipinski definition) is 2. The van der Waals surface area contributed by atoms with Crippen molar-refractivity contribution in [2.24, 2.45) is 0 Å². The Morgan fingerprint density at radius 3 is 2.35 bits per heavy atom. The summed E-state index contributed by atoms with van der Waals surface area (Å²) < 4.78 is 0. The molecule has 0 spiro atoms. The third-order valence-corrected chi connectivity index (χ3v) is 3.64. The predicted octanol–water partition coefficient (Wildman–Crippen LogP) is -0.262. The monoisotopic (exact) mass is 286 g/mol. The fourth-order valence-electron chi connectivity index (χ4n) is 2.01. The molecule has 1 fully saturated rings. The van der Waals surface area contributed by atoms with Gasteiger partial charge in [0.05, 0.1) is 6.54 Å². The summed E-state index contributed by atoms with van der Waals surface area (Å²) in [5, 5.41) is 11.6. The maximum atomic E-state index is 11.9. The molecule has 0 radical (unpaired) electrons. The number of hydrogen-bond acceptors (Lipinski definition) is 4. The molecule has 7 nitrogen and oxygen atoms in total. The Bertz CT molecular complexity index is 328. The van der Waals surface area contributed by atoms with Crippen molar-refractivity contribution >= 4 is 12.0 Å². The molecule has 1 aliphatic heterocycles. The topological polar surface area (TPSA) is 76.1 Å². The quantitative estimate of drug-likeness (QED) is 0.703. The van der Waals surface area contributed by atoms with Gasteiger partial charge in [0.1, 0.15) is 0 Å². The van der Waals surface area contributed by atoms with Gasteiger partial charge in [-0.05, 0) is 20.9 Å². The standard InChI is InChI=1S/C13H26N4O3/c1-11(2)15(3)5-4-14-13(20)17-8-6-16(7-9-17)10-12(18)19/h11H,4-10H2,1-3H3,(H,14,20)(H,18,19). The third-order valence-electron chi connectivity index (χ3n) is 3.64. The molecule has 0 aliphatic carbocycles. The SMILES string of the molecule is CC(C)N(C)CCNC(=O)N1CCN(CC(=O)O)CC1. The molecular weight excluding hydrogens is 260 g/mol. The van der Waals surface area contributed by atoms with Gasteiger partial charge in [-0.2, -0.15) is 0 Å². The van der Waals surface area contributed by atoms with Gasteiger partial charge in [-0.3, -0.25) is 9.69 Å². The molecule has 7 heteroatoms. The summed E-state index contributed by atoms with van der Waals surface area (Å²) in [6.07, 6.45) is 0. The van der Waals surface area contributed by atoms with E-state index >= 15 is 0 Å². The molecule has 1 saturated heterocycles. The normalized spacial score (nSPS) is 16.8. The van der Waals surface area contributed by atoms with Crippen LogP contribution in [0.2, 0.25) is 0 Å². The molecule has 0 aromatic rings. The molecule has 0 aromatic heterocycles. The molecule has 2 amide bonds. The average Bonchev–Trinajstić information content (AvgIpc) is 2.38. The summed E-state index contributed by atoms with van der Waals surface area (Å²) in [5.74, 6) is -0.820. The lowest BCUT2D eigenvalue weighted by Crippen LogP contribution is -2.53. The van der Waals surface area contributed by atoms with Crippen LogP contribution in [0.25, 0.3) is 0 Å². The molecule has 116 valence electrons. The summed E-state index contributed by atoms with van der Waals surface area (Å²) in [6.45, 7) is 8.13. The van der Waals surface area contributed by atoms with E-state index in [1.54, 1.807) is 4.90 Å². The van der Waals surface area contributed by atoms with E-state index in [-0.39, 0.29) is 12.6 Å². The Hall–Kier alpha value is -1.34.